The average molecular weight is 263 g/mol. The van der Waals surface area contributed by atoms with E-state index in [-0.39, 0.29) is 0 Å². The first-order valence-corrected chi connectivity index (χ1v) is 7.32. The fourth-order valence-electron chi connectivity index (χ4n) is 1.19. The number of hydrogen-bond donors (Lipinski definition) is 1. The number of hydrogen-bond acceptors (Lipinski definition) is 1. The summed E-state index contributed by atoms with van der Waals surface area (Å²) >= 11 is 0. The van der Waals surface area contributed by atoms with E-state index in [0.717, 1.165) is 12.2 Å². The van der Waals surface area contributed by atoms with Crippen molar-refractivity contribution in [2.24, 2.45) is 0 Å². The highest BCUT2D eigenvalue weighted by molar-refractivity contribution is 5.28. The summed E-state index contributed by atoms with van der Waals surface area (Å²) in [4.78, 5) is 0. The van der Waals surface area contributed by atoms with Gasteiger partial charge >= 0.3 is 0 Å². The Hall–Kier alpha value is -1.24. The van der Waals surface area contributed by atoms with Gasteiger partial charge in [0.1, 0.15) is 0 Å². The Balaban J connectivity index is 0. The maximum Gasteiger partial charge on any atom is 0.0115 e. The molecule has 0 aliphatic rings. The van der Waals surface area contributed by atoms with Crippen molar-refractivity contribution in [3.05, 3.63) is 47.2 Å². The van der Waals surface area contributed by atoms with Gasteiger partial charge in [0, 0.05) is 12.2 Å². The predicted molar refractivity (Wildman–Crippen MR) is 89.7 cm³/mol. The normalized spacial score (nSPS) is 8.58. The summed E-state index contributed by atoms with van der Waals surface area (Å²) in [7, 11) is 0. The van der Waals surface area contributed by atoms with Crippen LogP contribution in [0.1, 0.15) is 57.2 Å². The highest BCUT2D eigenvalue weighted by Crippen LogP contribution is 2.07. The smallest absolute Gasteiger partial charge is 0.0115 e. The van der Waals surface area contributed by atoms with Gasteiger partial charge in [0.15, 0.2) is 0 Å². The van der Waals surface area contributed by atoms with Crippen LogP contribution in [0.4, 0.5) is 0 Å². The van der Waals surface area contributed by atoms with E-state index in [1.165, 1.54) is 29.5 Å². The molecule has 0 aliphatic carbocycles. The van der Waals surface area contributed by atoms with Gasteiger partial charge in [0.05, 0.1) is 0 Å². The molecule has 1 aromatic carbocycles. The minimum atomic E-state index is 0.981. The lowest BCUT2D eigenvalue weighted by molar-refractivity contribution is 0.859. The standard InChI is InChI=1S/C9H12.C5H11N.C4H10/c1-7-4-5-8(2)9(3)6-7;1-4-6-5(2)3;1-3-4-2/h4-6H,1-3H3;6H,2,4H2,1,3H3;3-4H2,1-2H3. The first kappa shape index (κ1) is 20.1. The van der Waals surface area contributed by atoms with Crippen LogP contribution in [0.2, 0.25) is 0 Å². The van der Waals surface area contributed by atoms with Crippen LogP contribution in [0, 0.1) is 20.8 Å². The molecule has 0 aliphatic heterocycles. The van der Waals surface area contributed by atoms with Crippen LogP contribution in [-0.4, -0.2) is 6.54 Å². The zero-order valence-corrected chi connectivity index (χ0v) is 14.1. The summed E-state index contributed by atoms with van der Waals surface area (Å²) in [5, 5.41) is 3.01. The second-order valence-corrected chi connectivity index (χ2v) is 4.90. The molecule has 0 amide bonds. The lowest BCUT2D eigenvalue weighted by atomic mass is 10.1. The van der Waals surface area contributed by atoms with E-state index in [1.54, 1.807) is 0 Å². The summed E-state index contributed by atoms with van der Waals surface area (Å²) in [6.45, 7) is 19.4. The van der Waals surface area contributed by atoms with Crippen molar-refractivity contribution in [3.63, 3.8) is 0 Å². The molecule has 1 N–H and O–H groups in total. The van der Waals surface area contributed by atoms with Gasteiger partial charge in [-0.3, -0.25) is 0 Å². The van der Waals surface area contributed by atoms with Crippen molar-refractivity contribution >= 4 is 0 Å². The van der Waals surface area contributed by atoms with Gasteiger partial charge in [-0.1, -0.05) is 57.0 Å². The zero-order chi connectivity index (χ0) is 15.3. The third-order valence-corrected chi connectivity index (χ3v) is 2.64. The molecule has 19 heavy (non-hydrogen) atoms. The minimum Gasteiger partial charge on any atom is -0.389 e. The SMILES string of the molecule is C=C(C)NCC.CCCC.Cc1ccc(C)c(C)c1. The number of allylic oxidation sites excluding steroid dienone is 1. The Morgan fingerprint density at radius 2 is 1.53 bits per heavy atom. The van der Waals surface area contributed by atoms with Gasteiger partial charge in [-0.25, -0.2) is 0 Å². The first-order valence-electron chi connectivity index (χ1n) is 7.32. The fraction of sp³-hybridized carbons (Fsp3) is 0.556. The monoisotopic (exact) mass is 263 g/mol. The molecule has 110 valence electrons. The van der Waals surface area contributed by atoms with Crippen molar-refractivity contribution in [3.8, 4) is 0 Å². The zero-order valence-electron chi connectivity index (χ0n) is 14.1. The van der Waals surface area contributed by atoms with Crippen LogP contribution >= 0.6 is 0 Å². The van der Waals surface area contributed by atoms with Crippen LogP contribution in [-0.2, 0) is 0 Å². The maximum absolute atomic E-state index is 3.63. The van der Waals surface area contributed by atoms with E-state index in [1.807, 2.05) is 6.92 Å². The quantitative estimate of drug-likeness (QED) is 0.754. The maximum atomic E-state index is 3.63. The van der Waals surface area contributed by atoms with Gasteiger partial charge in [0.2, 0.25) is 0 Å². The minimum absolute atomic E-state index is 0.981. The summed E-state index contributed by atoms with van der Waals surface area (Å²) in [6.07, 6.45) is 2.64. The molecule has 0 atom stereocenters. The van der Waals surface area contributed by atoms with Crippen molar-refractivity contribution in [2.75, 3.05) is 6.54 Å². The molecule has 1 nitrogen and oxygen atoms in total. The topological polar surface area (TPSA) is 12.0 Å². The van der Waals surface area contributed by atoms with Crippen molar-refractivity contribution in [2.45, 2.75) is 61.3 Å². The lowest BCUT2D eigenvalue weighted by Gasteiger charge is -1.98. The van der Waals surface area contributed by atoms with E-state index in [9.17, 15) is 0 Å². The molecule has 0 fully saturated rings. The molecule has 0 aromatic heterocycles. The summed E-state index contributed by atoms with van der Waals surface area (Å²) in [6, 6.07) is 6.50. The van der Waals surface area contributed by atoms with Crippen LogP contribution < -0.4 is 5.32 Å². The van der Waals surface area contributed by atoms with Crippen LogP contribution in [0.5, 0.6) is 0 Å². The largest absolute Gasteiger partial charge is 0.389 e. The molecule has 0 unspecified atom stereocenters. The molecule has 0 spiro atoms. The number of nitrogens with one attached hydrogen (secondary N) is 1. The van der Waals surface area contributed by atoms with E-state index in [2.05, 4.69) is 71.6 Å². The van der Waals surface area contributed by atoms with Gasteiger partial charge in [0.25, 0.3) is 0 Å². The van der Waals surface area contributed by atoms with E-state index in [4.69, 9.17) is 0 Å². The predicted octanol–water partition coefficient (Wildman–Crippen LogP) is 5.55. The van der Waals surface area contributed by atoms with Crippen LogP contribution in [0.25, 0.3) is 0 Å². The average Bonchev–Trinajstić information content (AvgIpc) is 2.35. The molecule has 0 saturated heterocycles. The van der Waals surface area contributed by atoms with Crippen molar-refractivity contribution < 1.29 is 0 Å². The third-order valence-electron chi connectivity index (χ3n) is 2.64. The van der Waals surface area contributed by atoms with Crippen molar-refractivity contribution in [1.29, 1.82) is 0 Å². The van der Waals surface area contributed by atoms with E-state index in [0.29, 0.717) is 0 Å². The van der Waals surface area contributed by atoms with E-state index >= 15 is 0 Å². The Bertz CT molecular complexity index is 338. The highest BCUT2D eigenvalue weighted by Gasteiger charge is 1.89. The van der Waals surface area contributed by atoms with Gasteiger partial charge in [-0.2, -0.15) is 0 Å². The Morgan fingerprint density at radius 1 is 1.00 bits per heavy atom. The molecule has 1 heteroatoms. The van der Waals surface area contributed by atoms with Gasteiger partial charge in [-0.05, 0) is 45.7 Å². The Kier molecular flexibility index (Phi) is 14.0. The molecule has 1 rings (SSSR count). The molecule has 1 aromatic rings. The number of aryl methyl sites for hydroxylation is 3. The number of rotatable bonds is 3. The molecule has 0 heterocycles. The Labute approximate surface area is 121 Å². The highest BCUT2D eigenvalue weighted by atomic mass is 14.8. The third kappa shape index (κ3) is 14.7. The number of benzene rings is 1. The Morgan fingerprint density at radius 3 is 1.74 bits per heavy atom. The lowest BCUT2D eigenvalue weighted by Crippen LogP contribution is -2.07. The van der Waals surface area contributed by atoms with Crippen LogP contribution in [0.3, 0.4) is 0 Å². The molecule has 0 radical (unpaired) electrons. The van der Waals surface area contributed by atoms with Crippen molar-refractivity contribution in [1.82, 2.24) is 5.32 Å². The second-order valence-electron chi connectivity index (χ2n) is 4.90. The van der Waals surface area contributed by atoms with E-state index < -0.39 is 0 Å². The van der Waals surface area contributed by atoms with Gasteiger partial charge in [-0.15, -0.1) is 0 Å². The summed E-state index contributed by atoms with van der Waals surface area (Å²) in [5.74, 6) is 0. The molecule has 0 saturated carbocycles. The molecular weight excluding hydrogens is 230 g/mol. The summed E-state index contributed by atoms with van der Waals surface area (Å²) < 4.78 is 0. The van der Waals surface area contributed by atoms with Gasteiger partial charge < -0.3 is 5.32 Å². The fourth-order valence-corrected chi connectivity index (χ4v) is 1.19. The first-order chi connectivity index (χ1) is 8.88. The number of unbranched alkanes of at least 4 members (excludes halogenated alkanes) is 1. The second kappa shape index (κ2) is 13.2. The summed E-state index contributed by atoms with van der Waals surface area (Å²) in [5.41, 5.74) is 5.14. The molecular formula is C18H33N. The van der Waals surface area contributed by atoms with Crippen LogP contribution in [0.15, 0.2) is 30.5 Å². The molecule has 0 bridgehead atoms.